The summed E-state index contributed by atoms with van der Waals surface area (Å²) in [7, 11) is -4.59. The molecule has 2 aromatic heterocycles. The minimum absolute atomic E-state index is 0.394. The van der Waals surface area contributed by atoms with Gasteiger partial charge in [-0.1, -0.05) is 36.0 Å². The first-order valence-corrected chi connectivity index (χ1v) is 10.8. The molecule has 0 amide bonds. The number of fused-ring (bicyclic) bond motifs is 3. The van der Waals surface area contributed by atoms with E-state index in [0.717, 1.165) is 16.5 Å². The predicted octanol–water partition coefficient (Wildman–Crippen LogP) is 3.87. The second-order valence-corrected chi connectivity index (χ2v) is 8.90. The molecule has 28 heavy (non-hydrogen) atoms. The van der Waals surface area contributed by atoms with Crippen LogP contribution < -0.4 is 0 Å². The molecule has 10 heteroatoms. The van der Waals surface area contributed by atoms with E-state index in [1.54, 1.807) is 11.4 Å². The Hall–Kier alpha value is -2.59. The number of thioether (sulfide) groups is 1. The van der Waals surface area contributed by atoms with Crippen molar-refractivity contribution in [2.75, 3.05) is 0 Å². The first-order chi connectivity index (χ1) is 13.4. The summed E-state index contributed by atoms with van der Waals surface area (Å²) < 4.78 is 50.0. The SMILES string of the molecule is Cc1nc2c3ccccc3nc(SCc3ccc(S(=O)(=O)C(F)F)cc3)n2n1. The van der Waals surface area contributed by atoms with Gasteiger partial charge >= 0.3 is 5.76 Å². The van der Waals surface area contributed by atoms with Gasteiger partial charge in [-0.3, -0.25) is 0 Å². The Bertz CT molecular complexity index is 1270. The third-order valence-electron chi connectivity index (χ3n) is 4.11. The predicted molar refractivity (Wildman–Crippen MR) is 102 cm³/mol. The fourth-order valence-electron chi connectivity index (χ4n) is 2.75. The zero-order valence-electron chi connectivity index (χ0n) is 14.6. The third kappa shape index (κ3) is 3.33. The van der Waals surface area contributed by atoms with Crippen molar-refractivity contribution in [2.45, 2.75) is 28.5 Å². The molecule has 0 aliphatic rings. The molecular weight excluding hydrogens is 406 g/mol. The van der Waals surface area contributed by atoms with Gasteiger partial charge in [0.05, 0.1) is 10.4 Å². The number of para-hydroxylation sites is 1. The molecule has 0 radical (unpaired) electrons. The molecule has 2 aromatic carbocycles. The molecule has 0 aliphatic heterocycles. The van der Waals surface area contributed by atoms with Gasteiger partial charge in [0.1, 0.15) is 5.82 Å². The highest BCUT2D eigenvalue weighted by molar-refractivity contribution is 7.98. The monoisotopic (exact) mass is 420 g/mol. The minimum Gasteiger partial charge on any atom is -0.222 e. The Morgan fingerprint density at radius 2 is 1.79 bits per heavy atom. The minimum atomic E-state index is -4.59. The summed E-state index contributed by atoms with van der Waals surface area (Å²) in [6.45, 7) is 1.80. The van der Waals surface area contributed by atoms with Gasteiger partial charge in [-0.05, 0) is 36.8 Å². The number of aryl methyl sites for hydroxylation is 1. The first-order valence-electron chi connectivity index (χ1n) is 8.22. The van der Waals surface area contributed by atoms with E-state index in [-0.39, 0.29) is 0 Å². The fraction of sp³-hybridized carbons (Fsp3) is 0.167. The van der Waals surface area contributed by atoms with E-state index in [0.29, 0.717) is 22.4 Å². The lowest BCUT2D eigenvalue weighted by atomic mass is 10.2. The van der Waals surface area contributed by atoms with Gasteiger partial charge in [0, 0.05) is 11.1 Å². The summed E-state index contributed by atoms with van der Waals surface area (Å²) in [5.41, 5.74) is 2.28. The molecule has 4 aromatic rings. The molecule has 0 bridgehead atoms. The van der Waals surface area contributed by atoms with Crippen LogP contribution in [0, 0.1) is 6.92 Å². The number of sulfone groups is 1. The molecule has 0 saturated carbocycles. The average Bonchev–Trinajstić information content (AvgIpc) is 3.08. The van der Waals surface area contributed by atoms with Crippen molar-refractivity contribution in [2.24, 2.45) is 0 Å². The number of nitrogens with zero attached hydrogens (tertiary/aromatic N) is 4. The summed E-state index contributed by atoms with van der Waals surface area (Å²) in [5.74, 6) is -2.34. The number of benzene rings is 2. The number of hydrogen-bond donors (Lipinski definition) is 0. The summed E-state index contributed by atoms with van der Waals surface area (Å²) in [6.07, 6.45) is 0. The molecule has 0 unspecified atom stereocenters. The Labute approximate surface area is 163 Å². The molecule has 0 fully saturated rings. The van der Waals surface area contributed by atoms with Crippen LogP contribution in [0.2, 0.25) is 0 Å². The number of hydrogen-bond acceptors (Lipinski definition) is 6. The van der Waals surface area contributed by atoms with E-state index in [1.165, 1.54) is 36.0 Å². The van der Waals surface area contributed by atoms with Gasteiger partial charge in [0.15, 0.2) is 10.8 Å². The third-order valence-corrected chi connectivity index (χ3v) is 6.51. The zero-order valence-corrected chi connectivity index (χ0v) is 16.2. The standard InChI is InChI=1S/C18H14F2N4O2S2/c1-11-21-16-14-4-2-3-5-15(14)22-18(24(16)23-11)27-10-12-6-8-13(9-7-12)28(25,26)17(19)20/h2-9,17H,10H2,1H3. The van der Waals surface area contributed by atoms with E-state index >= 15 is 0 Å². The maximum Gasteiger partial charge on any atom is 0.341 e. The fourth-order valence-corrected chi connectivity index (χ4v) is 4.37. The summed E-state index contributed by atoms with van der Waals surface area (Å²) in [6, 6.07) is 13.1. The molecule has 0 atom stereocenters. The number of aromatic nitrogens is 4. The summed E-state index contributed by atoms with van der Waals surface area (Å²) >= 11 is 1.40. The number of alkyl halides is 2. The van der Waals surface area contributed by atoms with E-state index in [2.05, 4.69) is 15.1 Å². The quantitative estimate of drug-likeness (QED) is 0.360. The van der Waals surface area contributed by atoms with Gasteiger partial charge in [0.25, 0.3) is 0 Å². The highest BCUT2D eigenvalue weighted by atomic mass is 32.2. The van der Waals surface area contributed by atoms with Crippen molar-refractivity contribution >= 4 is 38.1 Å². The molecule has 2 heterocycles. The van der Waals surface area contributed by atoms with E-state index in [4.69, 9.17) is 0 Å². The lowest BCUT2D eigenvalue weighted by molar-refractivity contribution is 0.234. The average molecular weight is 420 g/mol. The van der Waals surface area contributed by atoms with Crippen molar-refractivity contribution in [1.82, 2.24) is 19.6 Å². The Balaban J connectivity index is 1.64. The van der Waals surface area contributed by atoms with Gasteiger partial charge in [-0.15, -0.1) is 5.10 Å². The molecule has 144 valence electrons. The van der Waals surface area contributed by atoms with E-state index in [1.807, 2.05) is 24.3 Å². The molecular formula is C18H14F2N4O2S2. The normalized spacial score (nSPS) is 12.3. The second kappa shape index (κ2) is 7.10. The largest absolute Gasteiger partial charge is 0.341 e. The van der Waals surface area contributed by atoms with Crippen LogP contribution in [0.3, 0.4) is 0 Å². The number of rotatable bonds is 5. The van der Waals surface area contributed by atoms with Crippen LogP contribution in [0.15, 0.2) is 58.6 Å². The van der Waals surface area contributed by atoms with Gasteiger partial charge in [-0.25, -0.2) is 18.4 Å². The van der Waals surface area contributed by atoms with Gasteiger partial charge < -0.3 is 0 Å². The van der Waals surface area contributed by atoms with E-state index < -0.39 is 20.5 Å². The van der Waals surface area contributed by atoms with Gasteiger partial charge in [0.2, 0.25) is 9.84 Å². The van der Waals surface area contributed by atoms with E-state index in [9.17, 15) is 17.2 Å². The van der Waals surface area contributed by atoms with Gasteiger partial charge in [-0.2, -0.15) is 13.3 Å². The molecule has 0 spiro atoms. The van der Waals surface area contributed by atoms with Crippen LogP contribution in [0.25, 0.3) is 16.6 Å². The highest BCUT2D eigenvalue weighted by Gasteiger charge is 2.26. The lowest BCUT2D eigenvalue weighted by Crippen LogP contribution is -2.11. The zero-order chi connectivity index (χ0) is 19.9. The second-order valence-electron chi connectivity index (χ2n) is 6.04. The van der Waals surface area contributed by atoms with Crippen LogP contribution in [-0.2, 0) is 15.6 Å². The Kier molecular flexibility index (Phi) is 4.76. The highest BCUT2D eigenvalue weighted by Crippen LogP contribution is 2.27. The Morgan fingerprint density at radius 3 is 2.50 bits per heavy atom. The van der Waals surface area contributed by atoms with Crippen LogP contribution in [-0.4, -0.2) is 33.8 Å². The molecule has 0 aliphatic carbocycles. The van der Waals surface area contributed by atoms with Crippen LogP contribution >= 0.6 is 11.8 Å². The molecule has 0 N–H and O–H groups in total. The maximum atomic E-state index is 12.6. The smallest absolute Gasteiger partial charge is 0.222 e. The first kappa shape index (κ1) is 18.8. The van der Waals surface area contributed by atoms with Crippen molar-refractivity contribution < 1.29 is 17.2 Å². The van der Waals surface area contributed by atoms with Crippen LogP contribution in [0.4, 0.5) is 8.78 Å². The van der Waals surface area contributed by atoms with Crippen molar-refractivity contribution in [3.8, 4) is 0 Å². The molecule has 0 saturated heterocycles. The summed E-state index contributed by atoms with van der Waals surface area (Å²) in [5, 5.41) is 5.94. The number of halogens is 2. The maximum absolute atomic E-state index is 12.6. The van der Waals surface area contributed by atoms with Crippen LogP contribution in [0.5, 0.6) is 0 Å². The van der Waals surface area contributed by atoms with Crippen molar-refractivity contribution in [3.05, 3.63) is 59.9 Å². The van der Waals surface area contributed by atoms with Crippen molar-refractivity contribution in [3.63, 3.8) is 0 Å². The van der Waals surface area contributed by atoms with Crippen molar-refractivity contribution in [1.29, 1.82) is 0 Å². The van der Waals surface area contributed by atoms with Crippen LogP contribution in [0.1, 0.15) is 11.4 Å². The lowest BCUT2D eigenvalue weighted by Gasteiger charge is -2.07. The summed E-state index contributed by atoms with van der Waals surface area (Å²) in [4.78, 5) is 8.72. The Morgan fingerprint density at radius 1 is 1.07 bits per heavy atom. The topological polar surface area (TPSA) is 77.2 Å². The molecule has 4 rings (SSSR count). The molecule has 6 nitrogen and oxygen atoms in total.